The zero-order valence-electron chi connectivity index (χ0n) is 17.4. The zero-order chi connectivity index (χ0) is 18.3. The first-order valence-electron chi connectivity index (χ1n) is 10.1. The summed E-state index contributed by atoms with van der Waals surface area (Å²) in [4.78, 5) is 9.67. The number of hydrogen-bond donors (Lipinski definition) is 2. The number of rotatable bonds is 12. The van der Waals surface area contributed by atoms with Crippen molar-refractivity contribution in [1.82, 2.24) is 20.4 Å². The van der Waals surface area contributed by atoms with Crippen molar-refractivity contribution in [3.63, 3.8) is 0 Å². The minimum absolute atomic E-state index is 0. The number of aliphatic imine (C=N–C) groups is 1. The molecule has 0 spiro atoms. The minimum atomic E-state index is 0. The van der Waals surface area contributed by atoms with Crippen LogP contribution in [0.2, 0.25) is 0 Å². The van der Waals surface area contributed by atoms with E-state index >= 15 is 0 Å². The lowest BCUT2D eigenvalue weighted by molar-refractivity contribution is 0.155. The average Bonchev–Trinajstić information content (AvgIpc) is 2.62. The predicted octanol–water partition coefficient (Wildman–Crippen LogP) is 2.39. The van der Waals surface area contributed by atoms with Gasteiger partial charge in [0.15, 0.2) is 5.96 Å². The number of likely N-dealkylation sites (tertiary alicyclic amines) is 1. The Morgan fingerprint density at radius 3 is 2.54 bits per heavy atom. The molecule has 26 heavy (non-hydrogen) atoms. The second-order valence-corrected chi connectivity index (χ2v) is 7.02. The Bertz CT molecular complexity index is 349. The average molecular weight is 483 g/mol. The van der Waals surface area contributed by atoms with Crippen molar-refractivity contribution in [1.29, 1.82) is 0 Å². The summed E-state index contributed by atoms with van der Waals surface area (Å²) in [7, 11) is 3.96. The van der Waals surface area contributed by atoms with Gasteiger partial charge in [-0.05, 0) is 46.2 Å². The molecule has 1 saturated heterocycles. The molecule has 0 aromatic rings. The van der Waals surface area contributed by atoms with Gasteiger partial charge in [-0.25, -0.2) is 0 Å². The monoisotopic (exact) mass is 483 g/mol. The first kappa shape index (κ1) is 25.9. The number of nitrogens with one attached hydrogen (secondary N) is 2. The minimum Gasteiger partial charge on any atom is -0.385 e. The van der Waals surface area contributed by atoms with Gasteiger partial charge in [-0.2, -0.15) is 0 Å². The Balaban J connectivity index is 0.00000625. The van der Waals surface area contributed by atoms with Gasteiger partial charge in [-0.15, -0.1) is 24.0 Å². The van der Waals surface area contributed by atoms with Crippen LogP contribution in [0.1, 0.15) is 46.0 Å². The van der Waals surface area contributed by atoms with Crippen molar-refractivity contribution in [3.8, 4) is 0 Å². The van der Waals surface area contributed by atoms with Crippen LogP contribution in [0.5, 0.6) is 0 Å². The number of likely N-dealkylation sites (N-methyl/N-ethyl adjacent to an activating group) is 1. The fourth-order valence-corrected chi connectivity index (χ4v) is 3.12. The molecule has 1 heterocycles. The summed E-state index contributed by atoms with van der Waals surface area (Å²) in [5, 5.41) is 7.02. The van der Waals surface area contributed by atoms with E-state index in [1.54, 1.807) is 7.11 Å². The highest BCUT2D eigenvalue weighted by molar-refractivity contribution is 14.0. The lowest BCUT2D eigenvalue weighted by atomic mass is 10.1. The van der Waals surface area contributed by atoms with Crippen LogP contribution in [-0.2, 0) is 4.74 Å². The highest BCUT2D eigenvalue weighted by Gasteiger charge is 2.19. The van der Waals surface area contributed by atoms with Gasteiger partial charge < -0.3 is 25.2 Å². The third-order valence-electron chi connectivity index (χ3n) is 4.74. The van der Waals surface area contributed by atoms with Crippen molar-refractivity contribution in [2.75, 3.05) is 66.6 Å². The fourth-order valence-electron chi connectivity index (χ4n) is 3.12. The maximum atomic E-state index is 5.14. The van der Waals surface area contributed by atoms with Gasteiger partial charge in [0.2, 0.25) is 0 Å². The van der Waals surface area contributed by atoms with E-state index in [0.717, 1.165) is 51.7 Å². The predicted molar refractivity (Wildman–Crippen MR) is 123 cm³/mol. The summed E-state index contributed by atoms with van der Waals surface area (Å²) in [6.45, 7) is 12.7. The Hall–Kier alpha value is -0.120. The van der Waals surface area contributed by atoms with Gasteiger partial charge >= 0.3 is 0 Å². The van der Waals surface area contributed by atoms with Crippen molar-refractivity contribution >= 4 is 29.9 Å². The highest BCUT2D eigenvalue weighted by atomic mass is 127. The lowest BCUT2D eigenvalue weighted by Crippen LogP contribution is -2.49. The molecule has 0 aromatic carbocycles. The lowest BCUT2D eigenvalue weighted by Gasteiger charge is -2.33. The third kappa shape index (κ3) is 12.3. The number of unbranched alkanes of at least 4 members (excludes halogenated alkanes) is 1. The fraction of sp³-hybridized carbons (Fsp3) is 0.947. The summed E-state index contributed by atoms with van der Waals surface area (Å²) in [6.07, 6.45) is 6.02. The standard InChI is InChI=1S/C19H41N5O.HI/c1-5-7-12-23(3)16-11-21-19(20-6-2)22-18-9-14-24(15-10-18)13-8-17-25-4;/h18H,5-17H2,1-4H3,(H2,20,21,22);1H. The molecule has 156 valence electrons. The molecule has 0 radical (unpaired) electrons. The Labute approximate surface area is 178 Å². The van der Waals surface area contributed by atoms with E-state index in [1.165, 1.54) is 38.8 Å². The van der Waals surface area contributed by atoms with Crippen LogP contribution in [0.4, 0.5) is 0 Å². The summed E-state index contributed by atoms with van der Waals surface area (Å²) >= 11 is 0. The molecular weight excluding hydrogens is 441 g/mol. The molecule has 6 nitrogen and oxygen atoms in total. The van der Waals surface area contributed by atoms with Crippen molar-refractivity contribution in [3.05, 3.63) is 0 Å². The molecular formula is C19H42IN5O. The van der Waals surface area contributed by atoms with Gasteiger partial charge in [-0.3, -0.25) is 4.99 Å². The molecule has 1 rings (SSSR count). The molecule has 2 N–H and O–H groups in total. The van der Waals surface area contributed by atoms with Gasteiger partial charge in [-0.1, -0.05) is 13.3 Å². The molecule has 7 heteroatoms. The second kappa shape index (κ2) is 17.0. The van der Waals surface area contributed by atoms with E-state index in [1.807, 2.05) is 0 Å². The number of guanidine groups is 1. The molecule has 0 atom stereocenters. The third-order valence-corrected chi connectivity index (χ3v) is 4.74. The van der Waals surface area contributed by atoms with Crippen LogP contribution in [0.25, 0.3) is 0 Å². The SMILES string of the molecule is CCCCN(C)CCN=C(NCC)NC1CCN(CCCOC)CC1.I. The van der Waals surface area contributed by atoms with E-state index in [2.05, 4.69) is 41.3 Å². The summed E-state index contributed by atoms with van der Waals surface area (Å²) in [6, 6.07) is 0.536. The number of nitrogens with zero attached hydrogens (tertiary/aromatic N) is 3. The maximum absolute atomic E-state index is 5.14. The molecule has 0 amide bonds. The molecule has 1 aliphatic heterocycles. The second-order valence-electron chi connectivity index (χ2n) is 7.02. The number of methoxy groups -OCH3 is 1. The molecule has 0 aliphatic carbocycles. The first-order valence-corrected chi connectivity index (χ1v) is 10.1. The number of ether oxygens (including phenoxy) is 1. The molecule has 0 unspecified atom stereocenters. The first-order chi connectivity index (χ1) is 12.2. The van der Waals surface area contributed by atoms with E-state index in [4.69, 9.17) is 9.73 Å². The van der Waals surface area contributed by atoms with Crippen LogP contribution in [0.15, 0.2) is 4.99 Å². The Morgan fingerprint density at radius 2 is 1.92 bits per heavy atom. The summed E-state index contributed by atoms with van der Waals surface area (Å²) < 4.78 is 5.14. The van der Waals surface area contributed by atoms with Gasteiger partial charge in [0.05, 0.1) is 6.54 Å². The Morgan fingerprint density at radius 1 is 1.19 bits per heavy atom. The molecule has 0 aromatic heterocycles. The maximum Gasteiger partial charge on any atom is 0.191 e. The number of halogens is 1. The van der Waals surface area contributed by atoms with Crippen molar-refractivity contribution in [2.24, 2.45) is 4.99 Å². The van der Waals surface area contributed by atoms with Gasteiger partial charge in [0.1, 0.15) is 0 Å². The molecule has 0 bridgehead atoms. The molecule has 1 aliphatic rings. The zero-order valence-corrected chi connectivity index (χ0v) is 19.8. The summed E-state index contributed by atoms with van der Waals surface area (Å²) in [5.41, 5.74) is 0. The van der Waals surface area contributed by atoms with E-state index in [9.17, 15) is 0 Å². The Kier molecular flexibility index (Phi) is 16.9. The quantitative estimate of drug-likeness (QED) is 0.193. The van der Waals surface area contributed by atoms with E-state index in [-0.39, 0.29) is 24.0 Å². The summed E-state index contributed by atoms with van der Waals surface area (Å²) in [5.74, 6) is 0.976. The normalized spacial score (nSPS) is 16.6. The van der Waals surface area contributed by atoms with Crippen LogP contribution in [0, 0.1) is 0 Å². The highest BCUT2D eigenvalue weighted by Crippen LogP contribution is 2.10. The van der Waals surface area contributed by atoms with Crippen LogP contribution >= 0.6 is 24.0 Å². The van der Waals surface area contributed by atoms with Crippen molar-refractivity contribution in [2.45, 2.75) is 52.0 Å². The number of hydrogen-bond acceptors (Lipinski definition) is 4. The van der Waals surface area contributed by atoms with Crippen LogP contribution < -0.4 is 10.6 Å². The van der Waals surface area contributed by atoms with E-state index < -0.39 is 0 Å². The number of piperidine rings is 1. The van der Waals surface area contributed by atoms with Crippen molar-refractivity contribution < 1.29 is 4.74 Å². The molecule has 0 saturated carbocycles. The largest absolute Gasteiger partial charge is 0.385 e. The smallest absolute Gasteiger partial charge is 0.191 e. The topological polar surface area (TPSA) is 52.1 Å². The van der Waals surface area contributed by atoms with Gasteiger partial charge in [0.25, 0.3) is 0 Å². The van der Waals surface area contributed by atoms with Crippen LogP contribution in [-0.4, -0.2) is 88.4 Å². The van der Waals surface area contributed by atoms with Crippen LogP contribution in [0.3, 0.4) is 0 Å². The van der Waals surface area contributed by atoms with E-state index in [0.29, 0.717) is 6.04 Å². The molecule has 1 fully saturated rings. The van der Waals surface area contributed by atoms with Gasteiger partial charge in [0, 0.05) is 52.5 Å².